The number of nitrogens with zero attached hydrogens (tertiary/aromatic N) is 1. The van der Waals surface area contributed by atoms with Crippen molar-refractivity contribution in [3.8, 4) is 0 Å². The average molecular weight is 220 g/mol. The van der Waals surface area contributed by atoms with Gasteiger partial charge in [0.05, 0.1) is 0 Å². The Morgan fingerprint density at radius 2 is 1.81 bits per heavy atom. The van der Waals surface area contributed by atoms with Gasteiger partial charge in [-0.15, -0.1) is 0 Å². The van der Waals surface area contributed by atoms with Gasteiger partial charge in [-0.1, -0.05) is 29.8 Å². The molecule has 0 amide bonds. The van der Waals surface area contributed by atoms with Crippen LogP contribution in [0.15, 0.2) is 24.3 Å². The molecule has 0 aliphatic carbocycles. The minimum Gasteiger partial charge on any atom is -0.320 e. The van der Waals surface area contributed by atoms with Crippen LogP contribution in [0.3, 0.4) is 0 Å². The van der Waals surface area contributed by atoms with E-state index < -0.39 is 0 Å². The summed E-state index contributed by atoms with van der Waals surface area (Å²) in [5.74, 6) is 0. The third-order valence-electron chi connectivity index (χ3n) is 2.79. The second kappa shape index (κ2) is 7.42. The van der Waals surface area contributed by atoms with Crippen LogP contribution >= 0.6 is 0 Å². The van der Waals surface area contributed by atoms with E-state index in [0.717, 1.165) is 13.1 Å². The lowest BCUT2D eigenvalue weighted by Crippen LogP contribution is -2.20. The summed E-state index contributed by atoms with van der Waals surface area (Å²) in [5, 5.41) is 3.18. The summed E-state index contributed by atoms with van der Waals surface area (Å²) in [7, 11) is 4.20. The van der Waals surface area contributed by atoms with E-state index in [1.54, 1.807) is 0 Å². The first-order valence-corrected chi connectivity index (χ1v) is 6.11. The normalized spacial score (nSPS) is 11.0. The van der Waals surface area contributed by atoms with E-state index in [-0.39, 0.29) is 0 Å². The van der Waals surface area contributed by atoms with Gasteiger partial charge in [-0.25, -0.2) is 0 Å². The lowest BCUT2D eigenvalue weighted by atomic mass is 10.1. The van der Waals surface area contributed by atoms with Gasteiger partial charge in [-0.2, -0.15) is 0 Å². The molecule has 16 heavy (non-hydrogen) atoms. The van der Waals surface area contributed by atoms with Crippen LogP contribution in [0.2, 0.25) is 0 Å². The quantitative estimate of drug-likeness (QED) is 0.710. The number of rotatable bonds is 7. The molecule has 0 atom stereocenters. The van der Waals surface area contributed by atoms with Crippen molar-refractivity contribution in [3.63, 3.8) is 0 Å². The van der Waals surface area contributed by atoms with Crippen LogP contribution in [-0.4, -0.2) is 32.1 Å². The van der Waals surface area contributed by atoms with Crippen LogP contribution in [0.4, 0.5) is 0 Å². The van der Waals surface area contributed by atoms with Gasteiger partial charge in [-0.05, 0) is 52.5 Å². The maximum atomic E-state index is 3.18. The summed E-state index contributed by atoms with van der Waals surface area (Å²) >= 11 is 0. The van der Waals surface area contributed by atoms with E-state index in [2.05, 4.69) is 48.5 Å². The Morgan fingerprint density at radius 3 is 2.44 bits per heavy atom. The molecule has 2 nitrogen and oxygen atoms in total. The fourth-order valence-corrected chi connectivity index (χ4v) is 1.77. The van der Waals surface area contributed by atoms with Gasteiger partial charge in [0.15, 0.2) is 0 Å². The van der Waals surface area contributed by atoms with E-state index in [1.807, 2.05) is 7.05 Å². The van der Waals surface area contributed by atoms with Gasteiger partial charge in [-0.3, -0.25) is 0 Å². The molecule has 0 heterocycles. The van der Waals surface area contributed by atoms with Crippen LogP contribution < -0.4 is 5.32 Å². The highest BCUT2D eigenvalue weighted by molar-refractivity contribution is 5.21. The molecular formula is C14H24N2. The molecule has 0 saturated heterocycles. The van der Waals surface area contributed by atoms with Gasteiger partial charge in [0.25, 0.3) is 0 Å². The number of aryl methyl sites for hydroxylation is 1. The van der Waals surface area contributed by atoms with E-state index in [0.29, 0.717) is 0 Å². The van der Waals surface area contributed by atoms with Crippen molar-refractivity contribution < 1.29 is 0 Å². The molecule has 0 radical (unpaired) electrons. The van der Waals surface area contributed by atoms with Crippen molar-refractivity contribution in [1.29, 1.82) is 0 Å². The Hall–Kier alpha value is -0.860. The maximum Gasteiger partial charge on any atom is 0.0230 e. The number of unbranched alkanes of at least 4 members (excludes halogenated alkanes) is 1. The van der Waals surface area contributed by atoms with Crippen LogP contribution in [0.5, 0.6) is 0 Å². The topological polar surface area (TPSA) is 15.3 Å². The minimum atomic E-state index is 1.06. The maximum absolute atomic E-state index is 3.18. The smallest absolute Gasteiger partial charge is 0.0230 e. The summed E-state index contributed by atoms with van der Waals surface area (Å²) < 4.78 is 0. The predicted octanol–water partition coefficient (Wildman–Crippen LogP) is 2.43. The van der Waals surface area contributed by atoms with Crippen molar-refractivity contribution in [2.75, 3.05) is 27.2 Å². The average Bonchev–Trinajstić information content (AvgIpc) is 2.28. The molecule has 1 aromatic carbocycles. The molecule has 1 aromatic rings. The molecule has 0 bridgehead atoms. The molecule has 0 unspecified atom stereocenters. The standard InChI is InChI=1S/C14H24N2/c1-13-6-8-14(9-7-13)12-16(3)11-5-4-10-15-2/h6-9,15H,4-5,10-12H2,1-3H3. The first kappa shape index (κ1) is 13.2. The second-order valence-electron chi connectivity index (χ2n) is 4.53. The van der Waals surface area contributed by atoms with Gasteiger partial charge < -0.3 is 10.2 Å². The largest absolute Gasteiger partial charge is 0.320 e. The lowest BCUT2D eigenvalue weighted by Gasteiger charge is -2.16. The Bertz CT molecular complexity index is 279. The number of hydrogen-bond donors (Lipinski definition) is 1. The summed E-state index contributed by atoms with van der Waals surface area (Å²) in [4.78, 5) is 2.39. The zero-order chi connectivity index (χ0) is 11.8. The first-order chi connectivity index (χ1) is 7.72. The van der Waals surface area contributed by atoms with Gasteiger partial charge in [0.1, 0.15) is 0 Å². The molecule has 0 aliphatic heterocycles. The molecule has 90 valence electrons. The van der Waals surface area contributed by atoms with Gasteiger partial charge in [0.2, 0.25) is 0 Å². The fourth-order valence-electron chi connectivity index (χ4n) is 1.77. The summed E-state index contributed by atoms with van der Waals surface area (Å²) in [6.07, 6.45) is 2.53. The SMILES string of the molecule is CNCCCCN(C)Cc1ccc(C)cc1. The highest BCUT2D eigenvalue weighted by atomic mass is 15.1. The molecule has 0 aromatic heterocycles. The van der Waals surface area contributed by atoms with Crippen molar-refractivity contribution in [3.05, 3.63) is 35.4 Å². The summed E-state index contributed by atoms with van der Waals surface area (Å²) in [5.41, 5.74) is 2.74. The summed E-state index contributed by atoms with van der Waals surface area (Å²) in [6.45, 7) is 5.49. The highest BCUT2D eigenvalue weighted by Gasteiger charge is 1.99. The molecule has 0 aliphatic rings. The molecule has 0 fully saturated rings. The monoisotopic (exact) mass is 220 g/mol. The summed E-state index contributed by atoms with van der Waals surface area (Å²) in [6, 6.07) is 8.81. The van der Waals surface area contributed by atoms with Crippen LogP contribution in [0.25, 0.3) is 0 Å². The van der Waals surface area contributed by atoms with E-state index >= 15 is 0 Å². The Labute approximate surface area is 99.7 Å². The highest BCUT2D eigenvalue weighted by Crippen LogP contribution is 2.06. The van der Waals surface area contributed by atoms with Crippen molar-refractivity contribution >= 4 is 0 Å². The van der Waals surface area contributed by atoms with Gasteiger partial charge in [0, 0.05) is 6.54 Å². The van der Waals surface area contributed by atoms with E-state index in [1.165, 1.54) is 30.5 Å². The molecular weight excluding hydrogens is 196 g/mol. The van der Waals surface area contributed by atoms with E-state index in [4.69, 9.17) is 0 Å². The molecule has 2 heteroatoms. The number of hydrogen-bond acceptors (Lipinski definition) is 2. The van der Waals surface area contributed by atoms with Crippen LogP contribution in [0.1, 0.15) is 24.0 Å². The van der Waals surface area contributed by atoms with Gasteiger partial charge >= 0.3 is 0 Å². The predicted molar refractivity (Wildman–Crippen MR) is 70.7 cm³/mol. The Kier molecular flexibility index (Phi) is 6.12. The molecule has 1 N–H and O–H groups in total. The third-order valence-corrected chi connectivity index (χ3v) is 2.79. The Balaban J connectivity index is 2.23. The third kappa shape index (κ3) is 5.29. The first-order valence-electron chi connectivity index (χ1n) is 6.11. The van der Waals surface area contributed by atoms with E-state index in [9.17, 15) is 0 Å². The fraction of sp³-hybridized carbons (Fsp3) is 0.571. The molecule has 0 spiro atoms. The molecule has 1 rings (SSSR count). The Morgan fingerprint density at radius 1 is 1.12 bits per heavy atom. The number of benzene rings is 1. The zero-order valence-electron chi connectivity index (χ0n) is 10.8. The van der Waals surface area contributed by atoms with Crippen LogP contribution in [0, 0.1) is 6.92 Å². The second-order valence-corrected chi connectivity index (χ2v) is 4.53. The zero-order valence-corrected chi connectivity index (χ0v) is 10.8. The van der Waals surface area contributed by atoms with Crippen molar-refractivity contribution in [2.45, 2.75) is 26.3 Å². The number of nitrogens with one attached hydrogen (secondary N) is 1. The van der Waals surface area contributed by atoms with Crippen molar-refractivity contribution in [2.24, 2.45) is 0 Å². The molecule has 0 saturated carbocycles. The van der Waals surface area contributed by atoms with Crippen molar-refractivity contribution in [1.82, 2.24) is 10.2 Å². The lowest BCUT2D eigenvalue weighted by molar-refractivity contribution is 0.318. The van der Waals surface area contributed by atoms with Crippen LogP contribution in [-0.2, 0) is 6.54 Å². The minimum absolute atomic E-state index is 1.06.